The van der Waals surface area contributed by atoms with Crippen LogP contribution in [0.2, 0.25) is 0 Å². The molecule has 2 nitrogen and oxygen atoms in total. The van der Waals surface area contributed by atoms with Crippen LogP contribution in [0.5, 0.6) is 0 Å². The van der Waals surface area contributed by atoms with Crippen LogP contribution in [-0.2, 0) is 0 Å². The Morgan fingerprint density at radius 1 is 1.41 bits per heavy atom. The van der Waals surface area contributed by atoms with E-state index in [2.05, 4.69) is 56.0 Å². The first-order chi connectivity index (χ1) is 8.22. The summed E-state index contributed by atoms with van der Waals surface area (Å²) in [5, 5.41) is 7.79. The van der Waals surface area contributed by atoms with Crippen LogP contribution in [-0.4, -0.2) is 11.5 Å². The minimum absolute atomic E-state index is 0.216. The molecular formula is C13H15BrN2S. The van der Waals surface area contributed by atoms with Crippen molar-refractivity contribution < 1.29 is 0 Å². The number of hydrogen-bond acceptors (Lipinski definition) is 3. The Kier molecular flexibility index (Phi) is 4.31. The maximum absolute atomic E-state index is 4.37. The molecule has 2 rings (SSSR count). The van der Waals surface area contributed by atoms with Gasteiger partial charge in [-0.2, -0.15) is 11.3 Å². The van der Waals surface area contributed by atoms with Crippen molar-refractivity contribution >= 4 is 27.3 Å². The molecule has 2 heterocycles. The van der Waals surface area contributed by atoms with E-state index in [9.17, 15) is 0 Å². The summed E-state index contributed by atoms with van der Waals surface area (Å²) in [4.78, 5) is 4.37. The fourth-order valence-corrected chi connectivity index (χ4v) is 3.31. The molecule has 2 aromatic rings. The van der Waals surface area contributed by atoms with Crippen LogP contribution >= 0.6 is 27.3 Å². The molecule has 2 aromatic heterocycles. The summed E-state index contributed by atoms with van der Waals surface area (Å²) < 4.78 is 1.16. The first kappa shape index (κ1) is 12.7. The van der Waals surface area contributed by atoms with Crippen LogP contribution in [0.4, 0.5) is 0 Å². The summed E-state index contributed by atoms with van der Waals surface area (Å²) >= 11 is 5.31. The molecule has 0 radical (unpaired) electrons. The van der Waals surface area contributed by atoms with Crippen molar-refractivity contribution in [2.45, 2.75) is 19.9 Å². The monoisotopic (exact) mass is 310 g/mol. The number of hydrogen-bond donors (Lipinski definition) is 1. The summed E-state index contributed by atoms with van der Waals surface area (Å²) in [5.41, 5.74) is 3.53. The molecule has 4 heteroatoms. The number of nitrogens with one attached hydrogen (secondary N) is 1. The normalized spacial score (nSPS) is 12.6. The summed E-state index contributed by atoms with van der Waals surface area (Å²) in [7, 11) is 0. The van der Waals surface area contributed by atoms with Crippen molar-refractivity contribution in [1.29, 1.82) is 0 Å². The van der Waals surface area contributed by atoms with Gasteiger partial charge in [0.25, 0.3) is 0 Å². The third-order valence-electron chi connectivity index (χ3n) is 2.63. The molecule has 1 unspecified atom stereocenters. The van der Waals surface area contributed by atoms with Crippen molar-refractivity contribution in [3.63, 3.8) is 0 Å². The quantitative estimate of drug-likeness (QED) is 0.926. The lowest BCUT2D eigenvalue weighted by Crippen LogP contribution is -2.22. The molecule has 0 bridgehead atoms. The molecule has 0 aliphatic carbocycles. The molecule has 0 saturated heterocycles. The Bertz CT molecular complexity index is 478. The van der Waals surface area contributed by atoms with Crippen LogP contribution in [0.15, 0.2) is 33.6 Å². The minimum Gasteiger partial charge on any atom is -0.306 e. The van der Waals surface area contributed by atoms with E-state index in [1.54, 1.807) is 11.3 Å². The Hall–Kier alpha value is -0.710. The van der Waals surface area contributed by atoms with Gasteiger partial charge in [-0.15, -0.1) is 0 Å². The molecule has 17 heavy (non-hydrogen) atoms. The molecule has 0 fully saturated rings. The zero-order valence-electron chi connectivity index (χ0n) is 9.90. The van der Waals surface area contributed by atoms with Gasteiger partial charge in [0.15, 0.2) is 0 Å². The number of thiophene rings is 1. The number of nitrogens with zero attached hydrogens (tertiary/aromatic N) is 1. The summed E-state index contributed by atoms with van der Waals surface area (Å²) in [5.74, 6) is 0. The fraction of sp³-hybridized carbons (Fsp3) is 0.308. The van der Waals surface area contributed by atoms with Crippen molar-refractivity contribution in [3.8, 4) is 0 Å². The van der Waals surface area contributed by atoms with Gasteiger partial charge in [-0.3, -0.25) is 4.98 Å². The van der Waals surface area contributed by atoms with Gasteiger partial charge in [0.1, 0.15) is 0 Å². The third kappa shape index (κ3) is 2.94. The van der Waals surface area contributed by atoms with E-state index in [0.717, 1.165) is 16.7 Å². The average Bonchev–Trinajstić information content (AvgIpc) is 2.74. The van der Waals surface area contributed by atoms with E-state index in [-0.39, 0.29) is 6.04 Å². The highest BCUT2D eigenvalue weighted by atomic mass is 79.9. The van der Waals surface area contributed by atoms with Gasteiger partial charge in [0.05, 0.1) is 6.04 Å². The highest BCUT2D eigenvalue weighted by molar-refractivity contribution is 9.10. The molecular weight excluding hydrogens is 296 g/mol. The lowest BCUT2D eigenvalue weighted by atomic mass is 10.0. The summed E-state index contributed by atoms with van der Waals surface area (Å²) in [6.07, 6.45) is 1.95. The average molecular weight is 311 g/mol. The van der Waals surface area contributed by atoms with Crippen LogP contribution in [0.3, 0.4) is 0 Å². The molecule has 0 saturated carbocycles. The van der Waals surface area contributed by atoms with Gasteiger partial charge in [-0.1, -0.05) is 13.0 Å². The Morgan fingerprint density at radius 2 is 2.24 bits per heavy atom. The van der Waals surface area contributed by atoms with Gasteiger partial charge >= 0.3 is 0 Å². The lowest BCUT2D eigenvalue weighted by molar-refractivity contribution is 0.628. The van der Waals surface area contributed by atoms with E-state index in [1.165, 1.54) is 11.1 Å². The van der Waals surface area contributed by atoms with Crippen molar-refractivity contribution in [2.24, 2.45) is 0 Å². The number of aryl methyl sites for hydroxylation is 1. The smallest absolute Gasteiger partial charge is 0.0611 e. The highest BCUT2D eigenvalue weighted by Gasteiger charge is 2.16. The number of pyridine rings is 1. The summed E-state index contributed by atoms with van der Waals surface area (Å²) in [6, 6.07) is 4.41. The summed E-state index contributed by atoms with van der Waals surface area (Å²) in [6.45, 7) is 5.06. The van der Waals surface area contributed by atoms with Gasteiger partial charge in [0, 0.05) is 21.7 Å². The van der Waals surface area contributed by atoms with Crippen molar-refractivity contribution in [1.82, 2.24) is 10.3 Å². The van der Waals surface area contributed by atoms with Crippen molar-refractivity contribution in [2.75, 3.05) is 6.54 Å². The molecule has 0 aromatic carbocycles. The van der Waals surface area contributed by atoms with E-state index in [4.69, 9.17) is 0 Å². The van der Waals surface area contributed by atoms with Crippen LogP contribution in [0, 0.1) is 6.92 Å². The van der Waals surface area contributed by atoms with Crippen molar-refractivity contribution in [3.05, 3.63) is 50.4 Å². The van der Waals surface area contributed by atoms with E-state index in [0.29, 0.717) is 0 Å². The first-order valence-electron chi connectivity index (χ1n) is 5.60. The first-order valence-corrected chi connectivity index (χ1v) is 7.33. The van der Waals surface area contributed by atoms with Crippen LogP contribution in [0.25, 0.3) is 0 Å². The fourth-order valence-electron chi connectivity index (χ4n) is 1.76. The molecule has 0 aliphatic heterocycles. The zero-order valence-corrected chi connectivity index (χ0v) is 12.3. The molecule has 0 amide bonds. The molecule has 90 valence electrons. The van der Waals surface area contributed by atoms with Gasteiger partial charge in [-0.05, 0) is 52.0 Å². The largest absolute Gasteiger partial charge is 0.306 e. The highest BCUT2D eigenvalue weighted by Crippen LogP contribution is 2.31. The van der Waals surface area contributed by atoms with E-state index in [1.807, 2.05) is 13.1 Å². The van der Waals surface area contributed by atoms with Crippen LogP contribution in [0.1, 0.15) is 29.8 Å². The minimum atomic E-state index is 0.216. The number of aromatic nitrogens is 1. The second kappa shape index (κ2) is 5.76. The topological polar surface area (TPSA) is 24.9 Å². The number of halogens is 1. The van der Waals surface area contributed by atoms with Crippen LogP contribution < -0.4 is 5.32 Å². The predicted molar refractivity (Wildman–Crippen MR) is 76.5 cm³/mol. The molecule has 0 aliphatic rings. The third-order valence-corrected chi connectivity index (χ3v) is 4.38. The molecule has 1 N–H and O–H groups in total. The van der Waals surface area contributed by atoms with Gasteiger partial charge in [0.2, 0.25) is 0 Å². The molecule has 0 spiro atoms. The second-order valence-corrected chi connectivity index (χ2v) is 5.50. The number of rotatable bonds is 4. The maximum Gasteiger partial charge on any atom is 0.0611 e. The zero-order chi connectivity index (χ0) is 12.3. The molecule has 1 atom stereocenters. The standard InChI is InChI=1S/C13H15BrN2S/c1-3-15-13(11-7-17-8-12(11)14)10-5-4-9(2)16-6-10/h4-8,13,15H,3H2,1-2H3. The Balaban J connectivity index is 2.35. The van der Waals surface area contributed by atoms with E-state index >= 15 is 0 Å². The Labute approximate surface area is 114 Å². The maximum atomic E-state index is 4.37. The van der Waals surface area contributed by atoms with E-state index < -0.39 is 0 Å². The Morgan fingerprint density at radius 3 is 2.76 bits per heavy atom. The lowest BCUT2D eigenvalue weighted by Gasteiger charge is -2.18. The van der Waals surface area contributed by atoms with Gasteiger partial charge < -0.3 is 5.32 Å². The second-order valence-electron chi connectivity index (χ2n) is 3.90. The SMILES string of the molecule is CCNC(c1ccc(C)nc1)c1cscc1Br. The van der Waals surface area contributed by atoms with Gasteiger partial charge in [-0.25, -0.2) is 0 Å². The predicted octanol–water partition coefficient (Wildman–Crippen LogP) is 3.91.